The molecule has 2 aromatic rings. The standard InChI is InChI=1S/C24H30O4S/c1-18(2)20-9-11-21(12-10-20)29-16-6-5-15-28-22-13-7-19(17-23(22)26-3)8-14-24(25)27-4/h7-14,17-18H,5-6,15-16H2,1-4H3. The normalized spacial score (nSPS) is 11.1. The van der Waals surface area contributed by atoms with Crippen molar-refractivity contribution in [3.63, 3.8) is 0 Å². The first-order valence-electron chi connectivity index (χ1n) is 9.83. The van der Waals surface area contributed by atoms with Gasteiger partial charge in [-0.1, -0.05) is 32.0 Å². The lowest BCUT2D eigenvalue weighted by atomic mass is 10.0. The summed E-state index contributed by atoms with van der Waals surface area (Å²) in [6.45, 7) is 5.06. The zero-order valence-electron chi connectivity index (χ0n) is 17.6. The largest absolute Gasteiger partial charge is 0.493 e. The minimum atomic E-state index is -0.391. The van der Waals surface area contributed by atoms with Gasteiger partial charge in [0.25, 0.3) is 0 Å². The highest BCUT2D eigenvalue weighted by Crippen LogP contribution is 2.29. The number of carbonyl (C=O) groups is 1. The Bertz CT molecular complexity index is 797. The molecule has 0 aliphatic heterocycles. The Balaban J connectivity index is 1.74. The zero-order chi connectivity index (χ0) is 21.1. The van der Waals surface area contributed by atoms with E-state index in [-0.39, 0.29) is 0 Å². The minimum absolute atomic E-state index is 0.391. The number of carbonyl (C=O) groups excluding carboxylic acids is 1. The van der Waals surface area contributed by atoms with Gasteiger partial charge in [0.2, 0.25) is 0 Å². The second kappa shape index (κ2) is 12.2. The monoisotopic (exact) mass is 414 g/mol. The molecule has 0 unspecified atom stereocenters. The molecule has 0 aromatic heterocycles. The fourth-order valence-electron chi connectivity index (χ4n) is 2.66. The smallest absolute Gasteiger partial charge is 0.330 e. The van der Waals surface area contributed by atoms with Crippen molar-refractivity contribution in [1.29, 1.82) is 0 Å². The predicted octanol–water partition coefficient (Wildman–Crippen LogP) is 5.96. The molecule has 0 fully saturated rings. The predicted molar refractivity (Wildman–Crippen MR) is 120 cm³/mol. The molecule has 0 spiro atoms. The molecule has 0 saturated carbocycles. The number of ether oxygens (including phenoxy) is 3. The lowest BCUT2D eigenvalue weighted by molar-refractivity contribution is -0.134. The van der Waals surface area contributed by atoms with E-state index in [1.54, 1.807) is 13.2 Å². The Morgan fingerprint density at radius 2 is 1.79 bits per heavy atom. The highest BCUT2D eigenvalue weighted by atomic mass is 32.2. The van der Waals surface area contributed by atoms with Gasteiger partial charge in [0, 0.05) is 11.0 Å². The Morgan fingerprint density at radius 3 is 2.45 bits per heavy atom. The van der Waals surface area contributed by atoms with Crippen LogP contribution in [0.1, 0.15) is 43.7 Å². The first-order valence-corrected chi connectivity index (χ1v) is 10.8. The summed E-state index contributed by atoms with van der Waals surface area (Å²) in [5.41, 5.74) is 2.22. The summed E-state index contributed by atoms with van der Waals surface area (Å²) >= 11 is 1.88. The second-order valence-corrected chi connectivity index (χ2v) is 8.06. The molecule has 0 saturated heterocycles. The Kier molecular flexibility index (Phi) is 9.65. The molecule has 29 heavy (non-hydrogen) atoms. The quantitative estimate of drug-likeness (QED) is 0.197. The third-order valence-corrected chi connectivity index (χ3v) is 5.51. The van der Waals surface area contributed by atoms with Crippen LogP contribution in [-0.4, -0.2) is 32.5 Å². The summed E-state index contributed by atoms with van der Waals surface area (Å²) in [4.78, 5) is 12.5. The number of unbranched alkanes of at least 4 members (excludes halogenated alkanes) is 1. The van der Waals surface area contributed by atoms with Crippen LogP contribution in [0.25, 0.3) is 6.08 Å². The number of rotatable bonds is 11. The van der Waals surface area contributed by atoms with Crippen LogP contribution in [0.15, 0.2) is 53.4 Å². The average molecular weight is 415 g/mol. The molecule has 5 heteroatoms. The molecule has 4 nitrogen and oxygen atoms in total. The third kappa shape index (κ3) is 7.86. The van der Waals surface area contributed by atoms with Gasteiger partial charge in [-0.15, -0.1) is 11.8 Å². The summed E-state index contributed by atoms with van der Waals surface area (Å²) in [5, 5.41) is 0. The van der Waals surface area contributed by atoms with Crippen molar-refractivity contribution in [3.8, 4) is 11.5 Å². The Hall–Kier alpha value is -2.40. The Labute approximate surface area is 178 Å². The number of thioether (sulfide) groups is 1. The van der Waals surface area contributed by atoms with Gasteiger partial charge in [-0.2, -0.15) is 0 Å². The minimum Gasteiger partial charge on any atom is -0.493 e. The third-order valence-electron chi connectivity index (χ3n) is 4.41. The van der Waals surface area contributed by atoms with E-state index in [1.165, 1.54) is 23.6 Å². The van der Waals surface area contributed by atoms with Crippen LogP contribution in [0.2, 0.25) is 0 Å². The molecule has 0 aliphatic carbocycles. The highest BCUT2D eigenvalue weighted by Gasteiger charge is 2.05. The number of methoxy groups -OCH3 is 2. The SMILES string of the molecule is COC(=O)C=Cc1ccc(OCCCCSc2ccc(C(C)C)cc2)c(OC)c1. The van der Waals surface area contributed by atoms with Crippen LogP contribution in [0.4, 0.5) is 0 Å². The van der Waals surface area contributed by atoms with Gasteiger partial charge in [-0.3, -0.25) is 0 Å². The van der Waals surface area contributed by atoms with Crippen LogP contribution in [0.3, 0.4) is 0 Å². The number of benzene rings is 2. The average Bonchev–Trinajstić information content (AvgIpc) is 2.75. The highest BCUT2D eigenvalue weighted by molar-refractivity contribution is 7.99. The Morgan fingerprint density at radius 1 is 1.03 bits per heavy atom. The number of hydrogen-bond acceptors (Lipinski definition) is 5. The number of esters is 1. The van der Waals surface area contributed by atoms with Gasteiger partial charge in [0.15, 0.2) is 11.5 Å². The molecule has 0 radical (unpaired) electrons. The summed E-state index contributed by atoms with van der Waals surface area (Å²) in [6, 6.07) is 14.4. The molecule has 0 amide bonds. The molecule has 0 N–H and O–H groups in total. The van der Waals surface area contributed by atoms with Crippen molar-refractivity contribution in [2.45, 2.75) is 37.5 Å². The summed E-state index contributed by atoms with van der Waals surface area (Å²) < 4.78 is 15.9. The van der Waals surface area contributed by atoms with Crippen LogP contribution >= 0.6 is 11.8 Å². The summed E-state index contributed by atoms with van der Waals surface area (Å²) in [7, 11) is 2.96. The van der Waals surface area contributed by atoms with Crippen LogP contribution in [0.5, 0.6) is 11.5 Å². The molecule has 156 valence electrons. The van der Waals surface area contributed by atoms with Crippen molar-refractivity contribution >= 4 is 23.8 Å². The molecular formula is C24H30O4S. The van der Waals surface area contributed by atoms with Crippen molar-refractivity contribution in [3.05, 3.63) is 59.7 Å². The van der Waals surface area contributed by atoms with Gasteiger partial charge in [0.1, 0.15) is 0 Å². The van der Waals surface area contributed by atoms with Crippen molar-refractivity contribution in [2.24, 2.45) is 0 Å². The van der Waals surface area contributed by atoms with Crippen molar-refractivity contribution < 1.29 is 19.0 Å². The van der Waals surface area contributed by atoms with E-state index >= 15 is 0 Å². The molecule has 2 rings (SSSR count). The topological polar surface area (TPSA) is 44.8 Å². The summed E-state index contributed by atoms with van der Waals surface area (Å²) in [5.74, 6) is 2.61. The molecule has 0 atom stereocenters. The zero-order valence-corrected chi connectivity index (χ0v) is 18.5. The van der Waals surface area contributed by atoms with Gasteiger partial charge in [-0.25, -0.2) is 4.79 Å². The second-order valence-electron chi connectivity index (χ2n) is 6.89. The first kappa shape index (κ1) is 22.9. The van der Waals surface area contributed by atoms with Gasteiger partial charge >= 0.3 is 5.97 Å². The molecule has 2 aromatic carbocycles. The maximum Gasteiger partial charge on any atom is 0.330 e. The fraction of sp³-hybridized carbons (Fsp3) is 0.375. The van der Waals surface area contributed by atoms with Crippen LogP contribution < -0.4 is 9.47 Å². The summed E-state index contributed by atoms with van der Waals surface area (Å²) in [6.07, 6.45) is 5.12. The van der Waals surface area contributed by atoms with E-state index in [2.05, 4.69) is 42.8 Å². The van der Waals surface area contributed by atoms with Crippen LogP contribution in [0, 0.1) is 0 Å². The maximum atomic E-state index is 11.2. The number of hydrogen-bond donors (Lipinski definition) is 0. The maximum absolute atomic E-state index is 11.2. The molecular weight excluding hydrogens is 384 g/mol. The van der Waals surface area contributed by atoms with E-state index in [4.69, 9.17) is 9.47 Å². The molecule has 0 bridgehead atoms. The van der Waals surface area contributed by atoms with Gasteiger partial charge in [-0.05, 0) is 66.0 Å². The van der Waals surface area contributed by atoms with E-state index in [0.717, 1.165) is 24.2 Å². The van der Waals surface area contributed by atoms with Crippen molar-refractivity contribution in [1.82, 2.24) is 0 Å². The van der Waals surface area contributed by atoms with E-state index in [0.29, 0.717) is 24.0 Å². The van der Waals surface area contributed by atoms with Gasteiger partial charge in [0.05, 0.1) is 20.8 Å². The first-order chi connectivity index (χ1) is 14.0. The van der Waals surface area contributed by atoms with Crippen LogP contribution in [-0.2, 0) is 9.53 Å². The van der Waals surface area contributed by atoms with E-state index in [9.17, 15) is 4.79 Å². The van der Waals surface area contributed by atoms with E-state index in [1.807, 2.05) is 30.0 Å². The van der Waals surface area contributed by atoms with Crippen molar-refractivity contribution in [2.75, 3.05) is 26.6 Å². The van der Waals surface area contributed by atoms with E-state index < -0.39 is 5.97 Å². The lowest BCUT2D eigenvalue weighted by Crippen LogP contribution is -2.00. The molecule has 0 heterocycles. The fourth-order valence-corrected chi connectivity index (χ4v) is 3.58. The molecule has 0 aliphatic rings. The van der Waals surface area contributed by atoms with Gasteiger partial charge < -0.3 is 14.2 Å². The lowest BCUT2D eigenvalue weighted by Gasteiger charge is -2.11.